The number of hydrogen-bond donors (Lipinski definition) is 3. The zero-order valence-electron chi connectivity index (χ0n) is 17.8. The van der Waals surface area contributed by atoms with Crippen molar-refractivity contribution < 1.29 is 13.9 Å². The van der Waals surface area contributed by atoms with E-state index in [4.69, 9.17) is 0 Å². The van der Waals surface area contributed by atoms with Crippen LogP contribution < -0.4 is 5.32 Å². The van der Waals surface area contributed by atoms with Gasteiger partial charge in [-0.2, -0.15) is 4.98 Å². The van der Waals surface area contributed by atoms with E-state index in [2.05, 4.69) is 35.2 Å². The van der Waals surface area contributed by atoms with E-state index < -0.39 is 18.6 Å². The fraction of sp³-hybridized carbons (Fsp3) is 0.476. The van der Waals surface area contributed by atoms with E-state index in [9.17, 15) is 13.9 Å². The van der Waals surface area contributed by atoms with Gasteiger partial charge in [0.05, 0.1) is 24.0 Å². The highest BCUT2D eigenvalue weighted by molar-refractivity contribution is 5.93. The molecule has 1 aliphatic rings. The Morgan fingerprint density at radius 3 is 2.75 bits per heavy atom. The molecule has 0 unspecified atom stereocenters. The number of nitrogens with one attached hydrogen (secondary N) is 2. The molecule has 0 saturated heterocycles. The van der Waals surface area contributed by atoms with Crippen LogP contribution >= 0.6 is 0 Å². The van der Waals surface area contributed by atoms with Gasteiger partial charge in [-0.05, 0) is 39.5 Å². The summed E-state index contributed by atoms with van der Waals surface area (Å²) in [5.41, 5.74) is 1.96. The normalized spacial score (nSPS) is 21.6. The van der Waals surface area contributed by atoms with Gasteiger partial charge in [0, 0.05) is 29.4 Å². The molecule has 0 amide bonds. The van der Waals surface area contributed by atoms with Crippen molar-refractivity contribution in [1.82, 2.24) is 34.5 Å². The Labute approximate surface area is 182 Å². The lowest BCUT2D eigenvalue weighted by atomic mass is 9.84. The standard InChI is InChI=1S/C21H24F2N8O/c1-11-27-18-19(31(11)10-16(22)23)29-15(9-25-18)13-7-24-17-14(13)8-26-20(30-17)28-12-3-5-21(2,32)6-4-12/h7-9,12,16,32H,3-6,10H2,1-2H3,(H2,24,26,28,30)/t12-,21+. The molecule has 4 aromatic heterocycles. The first-order chi connectivity index (χ1) is 15.3. The quantitative estimate of drug-likeness (QED) is 0.433. The lowest BCUT2D eigenvalue weighted by Crippen LogP contribution is -2.36. The van der Waals surface area contributed by atoms with E-state index in [0.29, 0.717) is 34.4 Å². The number of H-pyrrole nitrogens is 1. The summed E-state index contributed by atoms with van der Waals surface area (Å²) in [5, 5.41) is 14.2. The minimum absolute atomic E-state index is 0.216. The molecule has 3 N–H and O–H groups in total. The second kappa shape index (κ2) is 7.73. The number of imidazole rings is 1. The van der Waals surface area contributed by atoms with E-state index in [1.54, 1.807) is 25.5 Å². The van der Waals surface area contributed by atoms with Gasteiger partial charge in [0.2, 0.25) is 5.95 Å². The molecule has 11 heteroatoms. The van der Waals surface area contributed by atoms with Crippen molar-refractivity contribution in [3.05, 3.63) is 24.4 Å². The van der Waals surface area contributed by atoms with Crippen LogP contribution in [0.25, 0.3) is 33.6 Å². The molecule has 4 aromatic rings. The Kier molecular flexibility index (Phi) is 5.00. The van der Waals surface area contributed by atoms with Crippen molar-refractivity contribution in [2.24, 2.45) is 0 Å². The number of alkyl halides is 2. The molecule has 32 heavy (non-hydrogen) atoms. The Bertz CT molecular complexity index is 1270. The third-order valence-corrected chi connectivity index (χ3v) is 6.07. The zero-order chi connectivity index (χ0) is 22.5. The summed E-state index contributed by atoms with van der Waals surface area (Å²) >= 11 is 0. The number of aliphatic hydroxyl groups is 1. The number of anilines is 1. The van der Waals surface area contributed by atoms with Gasteiger partial charge in [-0.15, -0.1) is 0 Å². The molecular formula is C21H24F2N8O. The van der Waals surface area contributed by atoms with Crippen LogP contribution in [0.3, 0.4) is 0 Å². The number of halogens is 2. The second-order valence-corrected chi connectivity index (χ2v) is 8.64. The van der Waals surface area contributed by atoms with Crippen LogP contribution in [0.4, 0.5) is 14.7 Å². The van der Waals surface area contributed by atoms with Gasteiger partial charge < -0.3 is 20.0 Å². The predicted octanol–water partition coefficient (Wildman–Crippen LogP) is 3.44. The summed E-state index contributed by atoms with van der Waals surface area (Å²) in [7, 11) is 0. The first kappa shape index (κ1) is 20.7. The molecule has 5 rings (SSSR count). The van der Waals surface area contributed by atoms with Gasteiger partial charge in [-0.1, -0.05) is 0 Å². The van der Waals surface area contributed by atoms with Crippen molar-refractivity contribution in [1.29, 1.82) is 0 Å². The van der Waals surface area contributed by atoms with Crippen molar-refractivity contribution in [2.45, 2.75) is 64.1 Å². The van der Waals surface area contributed by atoms with Crippen molar-refractivity contribution in [2.75, 3.05) is 5.32 Å². The molecule has 1 saturated carbocycles. The van der Waals surface area contributed by atoms with E-state index in [1.165, 1.54) is 4.57 Å². The number of aromatic amines is 1. The summed E-state index contributed by atoms with van der Waals surface area (Å²) in [6, 6.07) is 0.216. The van der Waals surface area contributed by atoms with Crippen LogP contribution in [0, 0.1) is 6.92 Å². The smallest absolute Gasteiger partial charge is 0.256 e. The monoisotopic (exact) mass is 442 g/mol. The lowest BCUT2D eigenvalue weighted by Gasteiger charge is -2.33. The molecule has 4 heterocycles. The highest BCUT2D eigenvalue weighted by Gasteiger charge is 2.29. The predicted molar refractivity (Wildman–Crippen MR) is 115 cm³/mol. The van der Waals surface area contributed by atoms with Crippen LogP contribution in [0.2, 0.25) is 0 Å². The summed E-state index contributed by atoms with van der Waals surface area (Å²) in [6.45, 7) is 3.05. The first-order valence-corrected chi connectivity index (χ1v) is 10.6. The Morgan fingerprint density at radius 2 is 2.00 bits per heavy atom. The highest BCUT2D eigenvalue weighted by atomic mass is 19.3. The molecular weight excluding hydrogens is 418 g/mol. The number of fused-ring (bicyclic) bond motifs is 2. The number of aryl methyl sites for hydroxylation is 1. The Hall–Kier alpha value is -3.21. The largest absolute Gasteiger partial charge is 0.390 e. The maximum atomic E-state index is 13.0. The van der Waals surface area contributed by atoms with Gasteiger partial charge >= 0.3 is 0 Å². The van der Waals surface area contributed by atoms with Gasteiger partial charge in [0.25, 0.3) is 6.43 Å². The molecule has 1 fully saturated rings. The fourth-order valence-electron chi connectivity index (χ4n) is 4.24. The zero-order valence-corrected chi connectivity index (χ0v) is 17.8. The van der Waals surface area contributed by atoms with Crippen molar-refractivity contribution in [3.8, 4) is 11.3 Å². The lowest BCUT2D eigenvalue weighted by molar-refractivity contribution is 0.0195. The molecule has 0 aromatic carbocycles. The first-order valence-electron chi connectivity index (χ1n) is 10.6. The third kappa shape index (κ3) is 3.88. The summed E-state index contributed by atoms with van der Waals surface area (Å²) in [4.78, 5) is 25.3. The molecule has 0 aliphatic heterocycles. The van der Waals surface area contributed by atoms with Crippen LogP contribution in [0.15, 0.2) is 18.6 Å². The van der Waals surface area contributed by atoms with Crippen LogP contribution in [-0.4, -0.2) is 57.6 Å². The molecule has 9 nitrogen and oxygen atoms in total. The van der Waals surface area contributed by atoms with Crippen molar-refractivity contribution in [3.63, 3.8) is 0 Å². The average Bonchev–Trinajstić information content (AvgIpc) is 3.29. The Balaban J connectivity index is 1.43. The van der Waals surface area contributed by atoms with Crippen LogP contribution in [0.1, 0.15) is 38.4 Å². The minimum atomic E-state index is -2.51. The molecule has 1 aliphatic carbocycles. The van der Waals surface area contributed by atoms with Gasteiger partial charge in [-0.25, -0.2) is 28.7 Å². The molecule has 168 valence electrons. The van der Waals surface area contributed by atoms with Gasteiger partial charge in [-0.3, -0.25) is 0 Å². The SMILES string of the molecule is Cc1nc2ncc(-c3c[nH]c4nc(N[C@H]5CC[C@@](C)(O)CC5)ncc34)nc2n1CC(F)F. The number of rotatable bonds is 5. The van der Waals surface area contributed by atoms with Crippen molar-refractivity contribution >= 4 is 28.3 Å². The number of aromatic nitrogens is 7. The molecule has 0 atom stereocenters. The topological polar surface area (TPSA) is 117 Å². The van der Waals surface area contributed by atoms with Gasteiger partial charge in [0.15, 0.2) is 11.3 Å². The fourth-order valence-corrected chi connectivity index (χ4v) is 4.24. The van der Waals surface area contributed by atoms with Gasteiger partial charge in [0.1, 0.15) is 11.5 Å². The van der Waals surface area contributed by atoms with Crippen LogP contribution in [-0.2, 0) is 6.54 Å². The maximum Gasteiger partial charge on any atom is 0.256 e. The maximum absolute atomic E-state index is 13.0. The highest BCUT2D eigenvalue weighted by Crippen LogP contribution is 2.30. The average molecular weight is 442 g/mol. The summed E-state index contributed by atoms with van der Waals surface area (Å²) in [5.74, 6) is 0.962. The summed E-state index contributed by atoms with van der Waals surface area (Å²) in [6.07, 6.45) is 5.71. The summed E-state index contributed by atoms with van der Waals surface area (Å²) < 4.78 is 27.4. The minimum Gasteiger partial charge on any atom is -0.390 e. The molecule has 0 bridgehead atoms. The van der Waals surface area contributed by atoms with E-state index in [-0.39, 0.29) is 6.04 Å². The van der Waals surface area contributed by atoms with E-state index in [0.717, 1.165) is 36.6 Å². The number of hydrogen-bond acceptors (Lipinski definition) is 7. The third-order valence-electron chi connectivity index (χ3n) is 6.07. The van der Waals surface area contributed by atoms with Crippen LogP contribution in [0.5, 0.6) is 0 Å². The Morgan fingerprint density at radius 1 is 1.22 bits per heavy atom. The second-order valence-electron chi connectivity index (χ2n) is 8.64. The van der Waals surface area contributed by atoms with E-state index in [1.807, 2.05) is 6.92 Å². The molecule has 0 radical (unpaired) electrons. The number of nitrogens with zero attached hydrogens (tertiary/aromatic N) is 6. The van der Waals surface area contributed by atoms with E-state index >= 15 is 0 Å². The molecule has 0 spiro atoms.